The molecule has 5 nitrogen and oxygen atoms in total. The van der Waals surface area contributed by atoms with Crippen LogP contribution in [-0.2, 0) is 14.8 Å². The van der Waals surface area contributed by atoms with Crippen LogP contribution in [0.4, 0.5) is 5.69 Å². The first-order chi connectivity index (χ1) is 11.3. The molecule has 0 fully saturated rings. The molecule has 0 aliphatic heterocycles. The third kappa shape index (κ3) is 4.43. The Morgan fingerprint density at radius 3 is 2.33 bits per heavy atom. The average molecular weight is 346 g/mol. The van der Waals surface area contributed by atoms with Crippen molar-refractivity contribution in [1.82, 2.24) is 4.72 Å². The van der Waals surface area contributed by atoms with Crippen LogP contribution in [0.2, 0.25) is 0 Å². The van der Waals surface area contributed by atoms with Gasteiger partial charge in [0.05, 0.1) is 4.90 Å². The van der Waals surface area contributed by atoms with Crippen LogP contribution in [0.1, 0.15) is 17.5 Å². The summed E-state index contributed by atoms with van der Waals surface area (Å²) in [4.78, 5) is 13.9. The molecule has 0 aliphatic carbocycles. The quantitative estimate of drug-likeness (QED) is 0.874. The van der Waals surface area contributed by atoms with E-state index >= 15 is 0 Å². The maximum absolute atomic E-state index is 12.3. The highest BCUT2D eigenvalue weighted by atomic mass is 32.2. The van der Waals surface area contributed by atoms with Gasteiger partial charge in [0.1, 0.15) is 0 Å². The summed E-state index contributed by atoms with van der Waals surface area (Å²) < 4.78 is 27.0. The Bertz CT molecular complexity index is 817. The smallest absolute Gasteiger partial charge is 0.240 e. The van der Waals surface area contributed by atoms with Crippen molar-refractivity contribution < 1.29 is 13.2 Å². The Hall–Kier alpha value is -2.18. The van der Waals surface area contributed by atoms with Crippen LogP contribution >= 0.6 is 0 Å². The van der Waals surface area contributed by atoms with Crippen LogP contribution < -0.4 is 9.62 Å². The molecule has 128 valence electrons. The molecule has 2 rings (SSSR count). The fourth-order valence-corrected chi connectivity index (χ4v) is 3.34. The Kier molecular flexibility index (Phi) is 5.75. The van der Waals surface area contributed by atoms with E-state index in [1.807, 2.05) is 44.2 Å². The summed E-state index contributed by atoms with van der Waals surface area (Å²) >= 11 is 0. The number of carbonyl (C=O) groups excluding carboxylic acids is 1. The lowest BCUT2D eigenvalue weighted by atomic mass is 10.1. The zero-order valence-corrected chi connectivity index (χ0v) is 14.9. The Balaban J connectivity index is 1.95. The lowest BCUT2D eigenvalue weighted by Gasteiger charge is -2.17. The zero-order chi connectivity index (χ0) is 17.7. The molecule has 0 spiro atoms. The average Bonchev–Trinajstić information content (AvgIpc) is 2.57. The predicted octanol–water partition coefficient (Wildman–Crippen LogP) is 2.63. The largest absolute Gasteiger partial charge is 0.315 e. The van der Waals surface area contributed by atoms with E-state index in [-0.39, 0.29) is 23.8 Å². The lowest BCUT2D eigenvalue weighted by Crippen LogP contribution is -2.32. The normalized spacial score (nSPS) is 11.3. The molecule has 0 aromatic heterocycles. The summed E-state index contributed by atoms with van der Waals surface area (Å²) in [5, 5.41) is 0. The standard InChI is InChI=1S/C18H22N2O3S/c1-14-9-10-17(13-15(14)2)24(22,23)19-12-11-18(21)20(3)16-7-5-4-6-8-16/h4-10,13,19H,11-12H2,1-3H3. The minimum Gasteiger partial charge on any atom is -0.315 e. The topological polar surface area (TPSA) is 66.5 Å². The van der Waals surface area contributed by atoms with Crippen LogP contribution in [0.15, 0.2) is 53.4 Å². The first-order valence-corrected chi connectivity index (χ1v) is 9.18. The molecule has 24 heavy (non-hydrogen) atoms. The van der Waals surface area contributed by atoms with Crippen LogP contribution in [0.5, 0.6) is 0 Å². The predicted molar refractivity (Wildman–Crippen MR) is 95.6 cm³/mol. The number of para-hydroxylation sites is 1. The van der Waals surface area contributed by atoms with Crippen LogP contribution in [0.3, 0.4) is 0 Å². The summed E-state index contributed by atoms with van der Waals surface area (Å²) in [6.45, 7) is 3.86. The Morgan fingerprint density at radius 2 is 1.71 bits per heavy atom. The van der Waals surface area contributed by atoms with Gasteiger partial charge in [-0.3, -0.25) is 4.79 Å². The summed E-state index contributed by atoms with van der Waals surface area (Å²) in [6.07, 6.45) is 0.0927. The van der Waals surface area contributed by atoms with Crippen molar-refractivity contribution in [1.29, 1.82) is 0 Å². The second-order valence-corrected chi connectivity index (χ2v) is 7.45. The number of hydrogen-bond donors (Lipinski definition) is 1. The van der Waals surface area contributed by atoms with Gasteiger partial charge in [0, 0.05) is 25.7 Å². The number of nitrogens with one attached hydrogen (secondary N) is 1. The fraction of sp³-hybridized carbons (Fsp3) is 0.278. The maximum Gasteiger partial charge on any atom is 0.240 e. The van der Waals surface area contributed by atoms with Crippen molar-refractivity contribution in [3.63, 3.8) is 0 Å². The minimum atomic E-state index is -3.61. The number of carbonyl (C=O) groups is 1. The monoisotopic (exact) mass is 346 g/mol. The van der Waals surface area contributed by atoms with Gasteiger partial charge in [-0.25, -0.2) is 13.1 Å². The molecular formula is C18H22N2O3S. The van der Waals surface area contributed by atoms with Gasteiger partial charge < -0.3 is 4.90 Å². The molecule has 1 N–H and O–H groups in total. The molecule has 0 unspecified atom stereocenters. The molecule has 2 aromatic carbocycles. The number of amides is 1. The molecule has 0 radical (unpaired) electrons. The lowest BCUT2D eigenvalue weighted by molar-refractivity contribution is -0.118. The van der Waals surface area contributed by atoms with Gasteiger partial charge in [0.25, 0.3) is 0 Å². The Labute approximate surface area is 143 Å². The molecular weight excluding hydrogens is 324 g/mol. The van der Waals surface area contributed by atoms with E-state index in [0.29, 0.717) is 0 Å². The van der Waals surface area contributed by atoms with E-state index in [4.69, 9.17) is 0 Å². The highest BCUT2D eigenvalue weighted by molar-refractivity contribution is 7.89. The highest BCUT2D eigenvalue weighted by Crippen LogP contribution is 2.15. The van der Waals surface area contributed by atoms with Crippen LogP contribution in [-0.4, -0.2) is 27.9 Å². The van der Waals surface area contributed by atoms with E-state index in [2.05, 4.69) is 4.72 Å². The van der Waals surface area contributed by atoms with Gasteiger partial charge in [-0.2, -0.15) is 0 Å². The van der Waals surface area contributed by atoms with Crippen molar-refractivity contribution in [2.45, 2.75) is 25.2 Å². The molecule has 0 aliphatic rings. The maximum atomic E-state index is 12.3. The minimum absolute atomic E-state index is 0.0608. The third-order valence-corrected chi connectivity index (χ3v) is 5.40. The number of anilines is 1. The fourth-order valence-electron chi connectivity index (χ4n) is 2.22. The zero-order valence-electron chi connectivity index (χ0n) is 14.1. The molecule has 0 atom stereocenters. The first-order valence-electron chi connectivity index (χ1n) is 7.70. The van der Waals surface area contributed by atoms with Crippen molar-refractivity contribution in [2.24, 2.45) is 0 Å². The van der Waals surface area contributed by atoms with Crippen LogP contribution in [0.25, 0.3) is 0 Å². The van der Waals surface area contributed by atoms with Gasteiger partial charge >= 0.3 is 0 Å². The van der Waals surface area contributed by atoms with E-state index in [1.165, 1.54) is 4.90 Å². The molecule has 6 heteroatoms. The molecule has 1 amide bonds. The molecule has 0 bridgehead atoms. The second kappa shape index (κ2) is 7.59. The number of sulfonamides is 1. The SMILES string of the molecule is Cc1ccc(S(=O)(=O)NCCC(=O)N(C)c2ccccc2)cc1C. The van der Waals surface area contributed by atoms with Crippen molar-refractivity contribution in [3.8, 4) is 0 Å². The van der Waals surface area contributed by atoms with Crippen molar-refractivity contribution >= 4 is 21.6 Å². The number of rotatable bonds is 6. The number of hydrogen-bond acceptors (Lipinski definition) is 3. The summed E-state index contributed by atoms with van der Waals surface area (Å²) in [6, 6.07) is 14.2. The van der Waals surface area contributed by atoms with E-state index in [0.717, 1.165) is 16.8 Å². The van der Waals surface area contributed by atoms with E-state index in [9.17, 15) is 13.2 Å². The van der Waals surface area contributed by atoms with Gasteiger partial charge in [-0.15, -0.1) is 0 Å². The van der Waals surface area contributed by atoms with Crippen LogP contribution in [0, 0.1) is 13.8 Å². The summed E-state index contributed by atoms with van der Waals surface area (Å²) in [5.74, 6) is -0.149. The number of benzene rings is 2. The number of aryl methyl sites for hydroxylation is 2. The molecule has 2 aromatic rings. The highest BCUT2D eigenvalue weighted by Gasteiger charge is 2.16. The van der Waals surface area contributed by atoms with Crippen molar-refractivity contribution in [2.75, 3.05) is 18.5 Å². The molecule has 0 heterocycles. The van der Waals surface area contributed by atoms with Gasteiger partial charge in [0.2, 0.25) is 15.9 Å². The van der Waals surface area contributed by atoms with Gasteiger partial charge in [0.15, 0.2) is 0 Å². The second-order valence-electron chi connectivity index (χ2n) is 5.68. The number of nitrogens with zero attached hydrogens (tertiary/aromatic N) is 1. The van der Waals surface area contributed by atoms with Gasteiger partial charge in [-0.1, -0.05) is 24.3 Å². The third-order valence-electron chi connectivity index (χ3n) is 3.94. The molecule has 0 saturated heterocycles. The Morgan fingerprint density at radius 1 is 1.04 bits per heavy atom. The van der Waals surface area contributed by atoms with E-state index in [1.54, 1.807) is 25.2 Å². The first kappa shape index (κ1) is 18.2. The van der Waals surface area contributed by atoms with E-state index < -0.39 is 10.0 Å². The summed E-state index contributed by atoms with van der Waals surface area (Å²) in [7, 11) is -1.93. The van der Waals surface area contributed by atoms with Gasteiger partial charge in [-0.05, 0) is 49.2 Å². The molecule has 0 saturated carbocycles. The van der Waals surface area contributed by atoms with Crippen molar-refractivity contribution in [3.05, 3.63) is 59.7 Å². The summed E-state index contributed by atoms with van der Waals surface area (Å²) in [5.41, 5.74) is 2.73.